The Bertz CT molecular complexity index is 747. The minimum Gasteiger partial charge on any atom is -0.228 e. The van der Waals surface area contributed by atoms with Gasteiger partial charge in [-0.15, -0.1) is 0 Å². The number of rotatable bonds is 3. The number of hydrogen-bond acceptors (Lipinski definition) is 4. The van der Waals surface area contributed by atoms with Gasteiger partial charge in [-0.05, 0) is 37.5 Å². The molecule has 0 radical (unpaired) electrons. The number of piperidine rings is 1. The smallest absolute Gasteiger partial charge is 0.228 e. The summed E-state index contributed by atoms with van der Waals surface area (Å²) in [5.74, 6) is -0.654. The second kappa shape index (κ2) is 5.64. The molecule has 0 amide bonds. The first-order valence-electron chi connectivity index (χ1n) is 6.40. The monoisotopic (exact) mass is 336 g/mol. The third kappa shape index (κ3) is 3.42. The van der Waals surface area contributed by atoms with E-state index in [1.165, 1.54) is 12.1 Å². The fraction of sp³-hybridized carbons (Fsp3) is 0.500. The van der Waals surface area contributed by atoms with Gasteiger partial charge in [0.15, 0.2) is 0 Å². The molecule has 0 bridgehead atoms. The Labute approximate surface area is 123 Å². The number of aryl methyl sites for hydroxylation is 1. The van der Waals surface area contributed by atoms with E-state index in [9.17, 15) is 21.2 Å². The highest BCUT2D eigenvalue weighted by Crippen LogP contribution is 2.25. The van der Waals surface area contributed by atoms with Crippen LogP contribution >= 0.6 is 0 Å². The number of halogens is 1. The van der Waals surface area contributed by atoms with Crippen molar-refractivity contribution >= 4 is 20.0 Å². The number of nitrogens with zero attached hydrogens (tertiary/aromatic N) is 1. The van der Waals surface area contributed by atoms with Crippen LogP contribution in [-0.4, -0.2) is 39.5 Å². The maximum Gasteiger partial charge on any atom is 0.243 e. The van der Waals surface area contributed by atoms with E-state index in [0.717, 1.165) is 10.4 Å². The molecular weight excluding hydrogens is 319 g/mol. The van der Waals surface area contributed by atoms with Gasteiger partial charge < -0.3 is 0 Å². The van der Waals surface area contributed by atoms with E-state index in [2.05, 4.69) is 0 Å². The normalized spacial score (nSPS) is 21.4. The average Bonchev–Trinajstić information content (AvgIpc) is 2.40. The molecule has 9 heteroatoms. The van der Waals surface area contributed by atoms with E-state index in [-0.39, 0.29) is 18.0 Å². The standard InChI is InChI=1S/C12H17FN2O4S2/c1-9-4-5-10(13)7-12(9)21(18,19)15-6-2-3-11(8-15)20(14,16)17/h4-5,7,11H,2-3,6,8H2,1H3,(H2,14,16,17). The lowest BCUT2D eigenvalue weighted by atomic mass is 10.2. The Balaban J connectivity index is 2.38. The van der Waals surface area contributed by atoms with Crippen LogP contribution < -0.4 is 5.14 Å². The van der Waals surface area contributed by atoms with Crippen LogP contribution in [-0.2, 0) is 20.0 Å². The molecule has 0 saturated carbocycles. The quantitative estimate of drug-likeness (QED) is 0.873. The van der Waals surface area contributed by atoms with Gasteiger partial charge in [-0.3, -0.25) is 0 Å². The first-order chi connectivity index (χ1) is 9.62. The molecule has 0 aliphatic carbocycles. The highest BCUT2D eigenvalue weighted by Gasteiger charge is 2.35. The van der Waals surface area contributed by atoms with Crippen molar-refractivity contribution in [3.63, 3.8) is 0 Å². The maximum atomic E-state index is 13.3. The highest BCUT2D eigenvalue weighted by atomic mass is 32.2. The average molecular weight is 336 g/mol. The predicted octanol–water partition coefficient (Wildman–Crippen LogP) is 0.576. The molecule has 1 aromatic carbocycles. The second-order valence-corrected chi connectivity index (χ2v) is 8.88. The minimum atomic E-state index is -3.94. The first kappa shape index (κ1) is 16.3. The van der Waals surface area contributed by atoms with Crippen molar-refractivity contribution in [2.24, 2.45) is 5.14 Å². The molecule has 1 aliphatic rings. The SMILES string of the molecule is Cc1ccc(F)cc1S(=O)(=O)N1CCCC(S(N)(=O)=O)C1. The molecule has 1 atom stereocenters. The molecule has 118 valence electrons. The number of primary sulfonamides is 1. The summed E-state index contributed by atoms with van der Waals surface area (Å²) in [5.41, 5.74) is 0.411. The van der Waals surface area contributed by atoms with E-state index in [1.807, 2.05) is 0 Å². The summed E-state index contributed by atoms with van der Waals surface area (Å²) in [7, 11) is -7.73. The highest BCUT2D eigenvalue weighted by molar-refractivity contribution is 7.90. The van der Waals surface area contributed by atoms with Crippen LogP contribution in [0.3, 0.4) is 0 Å². The van der Waals surface area contributed by atoms with Gasteiger partial charge in [0.1, 0.15) is 5.82 Å². The zero-order chi connectivity index (χ0) is 15.8. The van der Waals surface area contributed by atoms with Gasteiger partial charge in [0.05, 0.1) is 10.1 Å². The second-order valence-electron chi connectivity index (χ2n) is 5.13. The molecule has 1 unspecified atom stereocenters. The van der Waals surface area contributed by atoms with Gasteiger partial charge in [-0.1, -0.05) is 6.07 Å². The summed E-state index contributed by atoms with van der Waals surface area (Å²) in [6.07, 6.45) is 0.724. The van der Waals surface area contributed by atoms with Gasteiger partial charge in [0, 0.05) is 13.1 Å². The van der Waals surface area contributed by atoms with Crippen LogP contribution in [0.15, 0.2) is 23.1 Å². The van der Waals surface area contributed by atoms with Crippen LogP contribution in [0.5, 0.6) is 0 Å². The van der Waals surface area contributed by atoms with Gasteiger partial charge in [-0.2, -0.15) is 4.31 Å². The molecule has 1 aliphatic heterocycles. The molecule has 2 N–H and O–H groups in total. The molecule has 6 nitrogen and oxygen atoms in total. The molecular formula is C12H17FN2O4S2. The fourth-order valence-corrected chi connectivity index (χ4v) is 5.12. The van der Waals surface area contributed by atoms with Crippen molar-refractivity contribution in [3.05, 3.63) is 29.6 Å². The lowest BCUT2D eigenvalue weighted by Gasteiger charge is -2.31. The lowest BCUT2D eigenvalue weighted by Crippen LogP contribution is -2.47. The zero-order valence-corrected chi connectivity index (χ0v) is 13.1. The molecule has 0 spiro atoms. The van der Waals surface area contributed by atoms with Gasteiger partial charge in [0.2, 0.25) is 20.0 Å². The molecule has 0 aromatic heterocycles. The minimum absolute atomic E-state index is 0.141. The van der Waals surface area contributed by atoms with E-state index in [0.29, 0.717) is 18.4 Å². The summed E-state index contributed by atoms with van der Waals surface area (Å²) >= 11 is 0. The van der Waals surface area contributed by atoms with Gasteiger partial charge in [0.25, 0.3) is 0 Å². The number of nitrogens with two attached hydrogens (primary N) is 1. The van der Waals surface area contributed by atoms with Gasteiger partial charge >= 0.3 is 0 Å². The summed E-state index contributed by atoms with van der Waals surface area (Å²) < 4.78 is 62.3. The Morgan fingerprint density at radius 3 is 2.57 bits per heavy atom. The summed E-state index contributed by atoms with van der Waals surface area (Å²) in [6, 6.07) is 3.51. The maximum absolute atomic E-state index is 13.3. The number of sulfonamides is 2. The Morgan fingerprint density at radius 2 is 1.95 bits per heavy atom. The van der Waals surface area contributed by atoms with Crippen molar-refractivity contribution in [1.29, 1.82) is 0 Å². The fourth-order valence-electron chi connectivity index (χ4n) is 2.38. The third-order valence-electron chi connectivity index (χ3n) is 3.57. The largest absolute Gasteiger partial charge is 0.243 e. The van der Waals surface area contributed by atoms with Crippen LogP contribution in [0.25, 0.3) is 0 Å². The summed E-state index contributed by atoms with van der Waals surface area (Å²) in [6.45, 7) is 1.56. The lowest BCUT2D eigenvalue weighted by molar-refractivity contribution is 0.345. The zero-order valence-electron chi connectivity index (χ0n) is 11.5. The van der Waals surface area contributed by atoms with Crippen LogP contribution in [0.4, 0.5) is 4.39 Å². The van der Waals surface area contributed by atoms with Crippen molar-refractivity contribution in [3.8, 4) is 0 Å². The molecule has 2 rings (SSSR count). The molecule has 1 aromatic rings. The molecule has 21 heavy (non-hydrogen) atoms. The van der Waals surface area contributed by atoms with Crippen LogP contribution in [0.2, 0.25) is 0 Å². The Kier molecular flexibility index (Phi) is 4.39. The Morgan fingerprint density at radius 1 is 1.29 bits per heavy atom. The van der Waals surface area contributed by atoms with Crippen LogP contribution in [0.1, 0.15) is 18.4 Å². The number of benzene rings is 1. The van der Waals surface area contributed by atoms with Crippen molar-refractivity contribution in [1.82, 2.24) is 4.31 Å². The predicted molar refractivity (Wildman–Crippen MR) is 76.0 cm³/mol. The van der Waals surface area contributed by atoms with E-state index >= 15 is 0 Å². The topological polar surface area (TPSA) is 97.5 Å². The van der Waals surface area contributed by atoms with E-state index in [1.54, 1.807) is 6.92 Å². The van der Waals surface area contributed by atoms with Crippen LogP contribution in [0, 0.1) is 12.7 Å². The molecule has 1 heterocycles. The van der Waals surface area contributed by atoms with Crippen molar-refractivity contribution in [2.75, 3.05) is 13.1 Å². The van der Waals surface area contributed by atoms with Gasteiger partial charge in [-0.25, -0.2) is 26.4 Å². The van der Waals surface area contributed by atoms with E-state index < -0.39 is 31.1 Å². The van der Waals surface area contributed by atoms with E-state index in [4.69, 9.17) is 5.14 Å². The Hall–Kier alpha value is -1.03. The third-order valence-corrected chi connectivity index (χ3v) is 6.89. The molecule has 1 saturated heterocycles. The molecule has 1 fully saturated rings. The first-order valence-corrected chi connectivity index (χ1v) is 9.45. The summed E-state index contributed by atoms with van der Waals surface area (Å²) in [4.78, 5) is -0.141. The summed E-state index contributed by atoms with van der Waals surface area (Å²) in [5, 5.41) is 4.18. The number of hydrogen-bond donors (Lipinski definition) is 1. The van der Waals surface area contributed by atoms with Crippen molar-refractivity contribution < 1.29 is 21.2 Å². The van der Waals surface area contributed by atoms with Crippen molar-refractivity contribution in [2.45, 2.75) is 29.9 Å².